The molecule has 0 aromatic heterocycles. The Morgan fingerprint density at radius 1 is 1.22 bits per heavy atom. The van der Waals surface area contributed by atoms with E-state index < -0.39 is 18.2 Å². The molecule has 1 atom stereocenters. The second-order valence-electron chi connectivity index (χ2n) is 4.22. The highest BCUT2D eigenvalue weighted by atomic mass is 16.7. The summed E-state index contributed by atoms with van der Waals surface area (Å²) in [5.41, 5.74) is 6.35. The fraction of sp³-hybridized carbons (Fsp3) is 0.385. The molecule has 0 bridgehead atoms. The van der Waals surface area contributed by atoms with Gasteiger partial charge in [-0.1, -0.05) is 44.2 Å². The average Bonchev–Trinajstić information content (AvgIpc) is 2.36. The van der Waals surface area contributed by atoms with E-state index in [4.69, 9.17) is 10.5 Å². The summed E-state index contributed by atoms with van der Waals surface area (Å²) in [6, 6.07) is 8.28. The van der Waals surface area contributed by atoms with Gasteiger partial charge in [0, 0.05) is 0 Å². The molecule has 0 heterocycles. The second-order valence-corrected chi connectivity index (χ2v) is 4.22. The van der Waals surface area contributed by atoms with Crippen LogP contribution in [0.4, 0.5) is 4.79 Å². The zero-order chi connectivity index (χ0) is 13.5. The Hall–Kier alpha value is -1.88. The van der Waals surface area contributed by atoms with Gasteiger partial charge < -0.3 is 15.2 Å². The molecule has 0 saturated heterocycles. The first kappa shape index (κ1) is 14.2. The van der Waals surface area contributed by atoms with Crippen molar-refractivity contribution < 1.29 is 19.1 Å². The van der Waals surface area contributed by atoms with E-state index in [2.05, 4.69) is 4.74 Å². The van der Waals surface area contributed by atoms with Gasteiger partial charge in [0.1, 0.15) is 12.6 Å². The van der Waals surface area contributed by atoms with Crippen molar-refractivity contribution in [1.29, 1.82) is 0 Å². The lowest BCUT2D eigenvalue weighted by atomic mass is 10.1. The molecule has 1 rings (SSSR count). The van der Waals surface area contributed by atoms with E-state index in [-0.39, 0.29) is 12.5 Å². The number of hydrogen-bond donors (Lipinski definition) is 1. The average molecular weight is 251 g/mol. The molecule has 0 spiro atoms. The summed E-state index contributed by atoms with van der Waals surface area (Å²) in [6.07, 6.45) is -1.03. The van der Waals surface area contributed by atoms with E-state index in [1.54, 1.807) is 26.0 Å². The molecule has 0 amide bonds. The van der Waals surface area contributed by atoms with Crippen LogP contribution in [0.15, 0.2) is 30.3 Å². The van der Waals surface area contributed by atoms with E-state index in [0.717, 1.165) is 5.56 Å². The van der Waals surface area contributed by atoms with Crippen LogP contribution in [0.1, 0.15) is 19.4 Å². The van der Waals surface area contributed by atoms with Gasteiger partial charge >= 0.3 is 12.1 Å². The fourth-order valence-electron chi connectivity index (χ4n) is 1.17. The van der Waals surface area contributed by atoms with Gasteiger partial charge in [-0.25, -0.2) is 9.59 Å². The number of nitrogens with two attached hydrogens (primary N) is 1. The van der Waals surface area contributed by atoms with E-state index in [9.17, 15) is 9.59 Å². The highest BCUT2D eigenvalue weighted by Crippen LogP contribution is 2.04. The molecule has 0 aliphatic rings. The van der Waals surface area contributed by atoms with Crippen LogP contribution in [0.3, 0.4) is 0 Å². The zero-order valence-electron chi connectivity index (χ0n) is 10.5. The van der Waals surface area contributed by atoms with E-state index in [1.165, 1.54) is 0 Å². The number of esters is 1. The first-order chi connectivity index (χ1) is 8.50. The molecule has 0 aliphatic carbocycles. The Balaban J connectivity index is 2.36. The van der Waals surface area contributed by atoms with Crippen LogP contribution in [0.25, 0.3) is 0 Å². The first-order valence-electron chi connectivity index (χ1n) is 5.68. The van der Waals surface area contributed by atoms with Crippen molar-refractivity contribution in [2.24, 2.45) is 11.7 Å². The van der Waals surface area contributed by atoms with Crippen LogP contribution in [-0.2, 0) is 20.9 Å². The summed E-state index contributed by atoms with van der Waals surface area (Å²) in [5, 5.41) is 0. The Morgan fingerprint density at radius 3 is 2.39 bits per heavy atom. The van der Waals surface area contributed by atoms with Crippen LogP contribution in [-0.4, -0.2) is 18.2 Å². The summed E-state index contributed by atoms with van der Waals surface area (Å²) >= 11 is 0. The second kappa shape index (κ2) is 6.76. The molecular weight excluding hydrogens is 234 g/mol. The van der Waals surface area contributed by atoms with E-state index >= 15 is 0 Å². The molecule has 0 unspecified atom stereocenters. The zero-order valence-corrected chi connectivity index (χ0v) is 10.5. The molecule has 1 aromatic rings. The van der Waals surface area contributed by atoms with Gasteiger partial charge in [-0.3, -0.25) is 0 Å². The lowest BCUT2D eigenvalue weighted by Gasteiger charge is -2.13. The number of ether oxygens (including phenoxy) is 2. The highest BCUT2D eigenvalue weighted by Gasteiger charge is 2.22. The van der Waals surface area contributed by atoms with Crippen LogP contribution in [0, 0.1) is 5.92 Å². The van der Waals surface area contributed by atoms with Crippen LogP contribution in [0.5, 0.6) is 0 Å². The van der Waals surface area contributed by atoms with Crippen molar-refractivity contribution in [3.05, 3.63) is 35.9 Å². The van der Waals surface area contributed by atoms with Gasteiger partial charge in [0.25, 0.3) is 0 Å². The maximum Gasteiger partial charge on any atom is 0.516 e. The third-order valence-corrected chi connectivity index (χ3v) is 2.37. The number of rotatable bonds is 4. The van der Waals surface area contributed by atoms with Crippen molar-refractivity contribution >= 4 is 12.1 Å². The Bertz CT molecular complexity index is 403. The Kier molecular flexibility index (Phi) is 5.32. The number of carbonyl (C=O) groups excluding carboxylic acids is 2. The van der Waals surface area contributed by atoms with Crippen LogP contribution < -0.4 is 5.73 Å². The Morgan fingerprint density at radius 2 is 1.83 bits per heavy atom. The monoisotopic (exact) mass is 251 g/mol. The van der Waals surface area contributed by atoms with Crippen molar-refractivity contribution in [1.82, 2.24) is 0 Å². The quantitative estimate of drug-likeness (QED) is 0.652. The van der Waals surface area contributed by atoms with Gasteiger partial charge in [0.15, 0.2) is 0 Å². The van der Waals surface area contributed by atoms with Gasteiger partial charge in [-0.05, 0) is 11.5 Å². The van der Waals surface area contributed by atoms with Gasteiger partial charge in [-0.15, -0.1) is 0 Å². The standard InChI is InChI=1S/C13H17NO4/c1-9(2)11(14)12(15)18-13(16)17-8-10-6-4-3-5-7-10/h3-7,9,11H,8,14H2,1-2H3/t11-/m0/s1. The predicted molar refractivity (Wildman–Crippen MR) is 65.5 cm³/mol. The lowest BCUT2D eigenvalue weighted by molar-refractivity contribution is -0.142. The van der Waals surface area contributed by atoms with Gasteiger partial charge in [-0.2, -0.15) is 0 Å². The normalized spacial score (nSPS) is 12.0. The molecule has 0 saturated carbocycles. The minimum absolute atomic E-state index is 0.0594. The summed E-state index contributed by atoms with van der Waals surface area (Å²) in [7, 11) is 0. The summed E-state index contributed by atoms with van der Waals surface area (Å²) in [5.74, 6) is -0.873. The summed E-state index contributed by atoms with van der Waals surface area (Å²) in [4.78, 5) is 22.6. The molecule has 98 valence electrons. The third-order valence-electron chi connectivity index (χ3n) is 2.37. The third kappa shape index (κ3) is 4.55. The minimum atomic E-state index is -1.03. The molecule has 18 heavy (non-hydrogen) atoms. The smallest absolute Gasteiger partial charge is 0.429 e. The SMILES string of the molecule is CC(C)[C@H](N)C(=O)OC(=O)OCc1ccccc1. The van der Waals surface area contributed by atoms with Crippen molar-refractivity contribution in [3.8, 4) is 0 Å². The highest BCUT2D eigenvalue weighted by molar-refractivity contribution is 5.85. The predicted octanol–water partition coefficient (Wildman–Crippen LogP) is 1.85. The largest absolute Gasteiger partial charge is 0.516 e. The maximum absolute atomic E-state index is 11.4. The number of benzene rings is 1. The van der Waals surface area contributed by atoms with Crippen molar-refractivity contribution in [3.63, 3.8) is 0 Å². The first-order valence-corrected chi connectivity index (χ1v) is 5.68. The molecule has 1 aromatic carbocycles. The number of carbonyl (C=O) groups is 2. The van der Waals surface area contributed by atoms with Crippen molar-refractivity contribution in [2.45, 2.75) is 26.5 Å². The molecule has 0 aliphatic heterocycles. The molecular formula is C13H17NO4. The van der Waals surface area contributed by atoms with Gasteiger partial charge in [0.2, 0.25) is 0 Å². The summed E-state index contributed by atoms with van der Waals surface area (Å²) < 4.78 is 9.26. The minimum Gasteiger partial charge on any atom is -0.429 e. The Labute approximate surface area is 106 Å². The van der Waals surface area contributed by atoms with Gasteiger partial charge in [0.05, 0.1) is 0 Å². The molecule has 0 fully saturated rings. The number of hydrogen-bond acceptors (Lipinski definition) is 5. The van der Waals surface area contributed by atoms with Crippen LogP contribution >= 0.6 is 0 Å². The van der Waals surface area contributed by atoms with Crippen molar-refractivity contribution in [2.75, 3.05) is 0 Å². The molecule has 5 heteroatoms. The lowest BCUT2D eigenvalue weighted by Crippen LogP contribution is -2.38. The maximum atomic E-state index is 11.4. The summed E-state index contributed by atoms with van der Waals surface area (Å²) in [6.45, 7) is 3.59. The van der Waals surface area contributed by atoms with E-state index in [0.29, 0.717) is 0 Å². The van der Waals surface area contributed by atoms with E-state index in [1.807, 2.05) is 18.2 Å². The molecule has 0 radical (unpaired) electrons. The molecule has 2 N–H and O–H groups in total. The topological polar surface area (TPSA) is 78.6 Å². The van der Waals surface area contributed by atoms with Crippen LogP contribution in [0.2, 0.25) is 0 Å². The molecule has 5 nitrogen and oxygen atoms in total. The fourth-order valence-corrected chi connectivity index (χ4v) is 1.17.